The maximum absolute atomic E-state index is 13.4. The number of halogens is 2. The van der Waals surface area contributed by atoms with Crippen molar-refractivity contribution in [1.29, 1.82) is 0 Å². The number of hydrogen-bond acceptors (Lipinski definition) is 3. The molecular formula is C12H10F2N2OS. The second kappa shape index (κ2) is 5.22. The van der Waals surface area contributed by atoms with Gasteiger partial charge in [-0.15, -0.1) is 11.3 Å². The number of nitrogens with zero attached hydrogens (tertiary/aromatic N) is 1. The molecule has 1 heterocycles. The molecule has 0 fully saturated rings. The zero-order valence-corrected chi connectivity index (χ0v) is 10.4. The van der Waals surface area contributed by atoms with Crippen LogP contribution in [-0.4, -0.2) is 10.9 Å². The van der Waals surface area contributed by atoms with Crippen LogP contribution in [0.15, 0.2) is 24.4 Å². The van der Waals surface area contributed by atoms with Crippen LogP contribution >= 0.6 is 11.3 Å². The van der Waals surface area contributed by atoms with Gasteiger partial charge in [0.2, 0.25) is 5.91 Å². The lowest BCUT2D eigenvalue weighted by atomic mass is 10.1. The quantitative estimate of drug-likeness (QED) is 0.929. The average molecular weight is 268 g/mol. The Morgan fingerprint density at radius 1 is 1.44 bits per heavy atom. The largest absolute Gasteiger partial charge is 0.302 e. The topological polar surface area (TPSA) is 42.0 Å². The van der Waals surface area contributed by atoms with E-state index in [9.17, 15) is 13.6 Å². The van der Waals surface area contributed by atoms with Gasteiger partial charge in [0.05, 0.1) is 0 Å². The smallest absolute Gasteiger partial charge is 0.223 e. The highest BCUT2D eigenvalue weighted by Gasteiger charge is 2.08. The Labute approximate surface area is 106 Å². The first-order valence-corrected chi connectivity index (χ1v) is 6.02. The summed E-state index contributed by atoms with van der Waals surface area (Å²) in [6, 6.07) is 3.47. The van der Waals surface area contributed by atoms with Crippen LogP contribution in [0, 0.1) is 11.6 Å². The third-order valence-corrected chi connectivity index (χ3v) is 3.13. The Balaban J connectivity index is 2.13. The zero-order chi connectivity index (χ0) is 13.1. The minimum absolute atomic E-state index is 0.205. The second-order valence-electron chi connectivity index (χ2n) is 3.73. The molecule has 3 nitrogen and oxygen atoms in total. The number of carbonyl (C=O) groups is 1. The first-order valence-electron chi connectivity index (χ1n) is 5.21. The molecule has 0 atom stereocenters. The van der Waals surface area contributed by atoms with Gasteiger partial charge >= 0.3 is 0 Å². The van der Waals surface area contributed by atoms with Crippen molar-refractivity contribution in [3.63, 3.8) is 0 Å². The highest BCUT2D eigenvalue weighted by atomic mass is 32.1. The van der Waals surface area contributed by atoms with Gasteiger partial charge in [0.1, 0.15) is 11.6 Å². The van der Waals surface area contributed by atoms with E-state index in [-0.39, 0.29) is 5.91 Å². The summed E-state index contributed by atoms with van der Waals surface area (Å²) in [5, 5.41) is 3.02. The Kier molecular flexibility index (Phi) is 3.66. The predicted octanol–water partition coefficient (Wildman–Crippen LogP) is 2.97. The van der Waals surface area contributed by atoms with Crippen molar-refractivity contribution in [2.24, 2.45) is 0 Å². The summed E-state index contributed by atoms with van der Waals surface area (Å²) in [7, 11) is 0. The Bertz CT molecular complexity index is 583. The fourth-order valence-electron chi connectivity index (χ4n) is 1.45. The number of hydrogen-bond donors (Lipinski definition) is 1. The van der Waals surface area contributed by atoms with Gasteiger partial charge in [-0.25, -0.2) is 13.8 Å². The molecule has 0 aliphatic heterocycles. The molecule has 0 aliphatic rings. The maximum Gasteiger partial charge on any atom is 0.223 e. The van der Waals surface area contributed by atoms with Gasteiger partial charge in [-0.1, -0.05) is 6.07 Å². The standard InChI is InChI=1S/C12H10F2N2OS/c1-7(17)16-12-15-6-10(18-12)4-8-2-3-9(13)5-11(8)14/h2-3,5-6H,4H2,1H3,(H,15,16,17). The van der Waals surface area contributed by atoms with Crippen LogP contribution in [0.1, 0.15) is 17.4 Å². The molecule has 0 saturated carbocycles. The molecule has 0 spiro atoms. The third kappa shape index (κ3) is 3.10. The average Bonchev–Trinajstić information content (AvgIpc) is 2.69. The SMILES string of the molecule is CC(=O)Nc1ncc(Cc2ccc(F)cc2F)s1. The minimum Gasteiger partial charge on any atom is -0.302 e. The van der Waals surface area contributed by atoms with E-state index in [0.29, 0.717) is 17.1 Å². The Morgan fingerprint density at radius 3 is 2.89 bits per heavy atom. The highest BCUT2D eigenvalue weighted by Crippen LogP contribution is 2.22. The molecule has 1 aromatic carbocycles. The van der Waals surface area contributed by atoms with Crippen LogP contribution < -0.4 is 5.32 Å². The molecule has 0 bridgehead atoms. The summed E-state index contributed by atoms with van der Waals surface area (Å²) in [5.74, 6) is -1.38. The van der Waals surface area contributed by atoms with E-state index in [0.717, 1.165) is 10.9 Å². The molecule has 0 unspecified atom stereocenters. The van der Waals surface area contributed by atoms with E-state index in [4.69, 9.17) is 0 Å². The lowest BCUT2D eigenvalue weighted by molar-refractivity contribution is -0.114. The molecule has 0 radical (unpaired) electrons. The summed E-state index contributed by atoms with van der Waals surface area (Å²) < 4.78 is 26.2. The summed E-state index contributed by atoms with van der Waals surface area (Å²) in [5.41, 5.74) is 0.398. The van der Waals surface area contributed by atoms with Crippen LogP contribution in [0.3, 0.4) is 0 Å². The van der Waals surface area contributed by atoms with Crippen molar-refractivity contribution in [1.82, 2.24) is 4.98 Å². The van der Waals surface area contributed by atoms with Gasteiger partial charge < -0.3 is 5.32 Å². The predicted molar refractivity (Wildman–Crippen MR) is 65.6 cm³/mol. The van der Waals surface area contributed by atoms with E-state index >= 15 is 0 Å². The molecular weight excluding hydrogens is 258 g/mol. The fraction of sp³-hybridized carbons (Fsp3) is 0.167. The first kappa shape index (κ1) is 12.6. The number of amides is 1. The van der Waals surface area contributed by atoms with Crippen molar-refractivity contribution in [2.75, 3.05) is 5.32 Å². The minimum atomic E-state index is -0.598. The van der Waals surface area contributed by atoms with Gasteiger partial charge in [-0.3, -0.25) is 4.79 Å². The van der Waals surface area contributed by atoms with E-state index < -0.39 is 11.6 Å². The lowest BCUT2D eigenvalue weighted by Gasteiger charge is -2.00. The summed E-state index contributed by atoms with van der Waals surface area (Å²) in [6.45, 7) is 1.39. The van der Waals surface area contributed by atoms with Crippen molar-refractivity contribution in [3.05, 3.63) is 46.5 Å². The van der Waals surface area contributed by atoms with Crippen molar-refractivity contribution < 1.29 is 13.6 Å². The molecule has 2 aromatic rings. The van der Waals surface area contributed by atoms with Crippen LogP contribution in [0.25, 0.3) is 0 Å². The van der Waals surface area contributed by atoms with E-state index in [1.165, 1.54) is 30.4 Å². The highest BCUT2D eigenvalue weighted by molar-refractivity contribution is 7.15. The van der Waals surface area contributed by atoms with E-state index in [1.54, 1.807) is 6.20 Å². The van der Waals surface area contributed by atoms with Gasteiger partial charge in [-0.05, 0) is 11.6 Å². The lowest BCUT2D eigenvalue weighted by Crippen LogP contribution is -2.04. The molecule has 18 heavy (non-hydrogen) atoms. The van der Waals surface area contributed by atoms with Crippen molar-refractivity contribution >= 4 is 22.4 Å². The molecule has 1 N–H and O–H groups in total. The Morgan fingerprint density at radius 2 is 2.22 bits per heavy atom. The summed E-state index contributed by atoms with van der Waals surface area (Å²) in [6.07, 6.45) is 1.89. The van der Waals surface area contributed by atoms with Crippen molar-refractivity contribution in [2.45, 2.75) is 13.3 Å². The second-order valence-corrected chi connectivity index (χ2v) is 4.84. The van der Waals surface area contributed by atoms with Crippen LogP contribution in [0.2, 0.25) is 0 Å². The normalized spacial score (nSPS) is 10.4. The number of aromatic nitrogens is 1. The monoisotopic (exact) mass is 268 g/mol. The molecule has 0 saturated heterocycles. The molecule has 0 aliphatic carbocycles. The Hall–Kier alpha value is -1.82. The van der Waals surface area contributed by atoms with E-state index in [1.807, 2.05) is 0 Å². The first-order chi connectivity index (χ1) is 8.54. The number of thiazole rings is 1. The molecule has 6 heteroatoms. The van der Waals surface area contributed by atoms with Gasteiger partial charge in [-0.2, -0.15) is 0 Å². The molecule has 1 aromatic heterocycles. The van der Waals surface area contributed by atoms with Crippen LogP contribution in [0.4, 0.5) is 13.9 Å². The summed E-state index contributed by atoms with van der Waals surface area (Å²) in [4.78, 5) is 15.6. The van der Waals surface area contributed by atoms with Gasteiger partial charge in [0.25, 0.3) is 0 Å². The zero-order valence-electron chi connectivity index (χ0n) is 9.54. The number of benzene rings is 1. The third-order valence-electron chi connectivity index (χ3n) is 2.22. The van der Waals surface area contributed by atoms with Crippen LogP contribution in [0.5, 0.6) is 0 Å². The number of nitrogens with one attached hydrogen (secondary N) is 1. The fourth-order valence-corrected chi connectivity index (χ4v) is 2.33. The number of anilines is 1. The summed E-state index contributed by atoms with van der Waals surface area (Å²) >= 11 is 1.27. The molecule has 2 rings (SSSR count). The van der Waals surface area contributed by atoms with Gasteiger partial charge in [0, 0.05) is 30.5 Å². The van der Waals surface area contributed by atoms with Crippen LogP contribution in [-0.2, 0) is 11.2 Å². The number of rotatable bonds is 3. The molecule has 1 amide bonds. The van der Waals surface area contributed by atoms with Gasteiger partial charge in [0.15, 0.2) is 5.13 Å². The number of carbonyl (C=O) groups excluding carboxylic acids is 1. The van der Waals surface area contributed by atoms with E-state index in [2.05, 4.69) is 10.3 Å². The molecule has 94 valence electrons. The van der Waals surface area contributed by atoms with Crippen molar-refractivity contribution in [3.8, 4) is 0 Å². The maximum atomic E-state index is 13.4.